The van der Waals surface area contributed by atoms with E-state index >= 15 is 0 Å². The van der Waals surface area contributed by atoms with Gasteiger partial charge in [0.2, 0.25) is 0 Å². The molecular weight excluding hydrogens is 204 g/mol. The zero-order valence-corrected chi connectivity index (χ0v) is 9.60. The second kappa shape index (κ2) is 5.63. The summed E-state index contributed by atoms with van der Waals surface area (Å²) in [4.78, 5) is 10.6. The number of benzene rings is 1. The smallest absolute Gasteiger partial charge is 0.321 e. The van der Waals surface area contributed by atoms with Crippen LogP contribution < -0.4 is 11.1 Å². The summed E-state index contributed by atoms with van der Waals surface area (Å²) in [5, 5.41) is 11.8. The molecule has 0 aliphatic carbocycles. The number of hydrogen-bond donors (Lipinski definition) is 3. The van der Waals surface area contributed by atoms with Gasteiger partial charge in [0, 0.05) is 12.6 Å². The van der Waals surface area contributed by atoms with Crippen molar-refractivity contribution in [2.45, 2.75) is 25.9 Å². The van der Waals surface area contributed by atoms with Gasteiger partial charge >= 0.3 is 5.97 Å². The molecule has 1 aromatic carbocycles. The molecule has 4 nitrogen and oxygen atoms in total. The quantitative estimate of drug-likeness (QED) is 0.696. The monoisotopic (exact) mass is 222 g/mol. The molecule has 4 N–H and O–H groups in total. The molecule has 0 aliphatic rings. The van der Waals surface area contributed by atoms with E-state index in [9.17, 15) is 4.79 Å². The third-order valence-electron chi connectivity index (χ3n) is 2.62. The summed E-state index contributed by atoms with van der Waals surface area (Å²) >= 11 is 0. The first-order chi connectivity index (χ1) is 7.52. The van der Waals surface area contributed by atoms with E-state index in [2.05, 4.69) is 5.32 Å². The molecule has 1 aromatic rings. The van der Waals surface area contributed by atoms with Crippen LogP contribution in [0.2, 0.25) is 0 Å². The molecule has 0 saturated heterocycles. The Morgan fingerprint density at radius 1 is 1.50 bits per heavy atom. The van der Waals surface area contributed by atoms with Gasteiger partial charge in [0.15, 0.2) is 0 Å². The van der Waals surface area contributed by atoms with Crippen LogP contribution in [0.15, 0.2) is 24.3 Å². The van der Waals surface area contributed by atoms with Crippen LogP contribution in [0.25, 0.3) is 0 Å². The van der Waals surface area contributed by atoms with Crippen molar-refractivity contribution in [1.82, 2.24) is 5.32 Å². The summed E-state index contributed by atoms with van der Waals surface area (Å²) in [5.41, 5.74) is 7.77. The number of nitrogens with one attached hydrogen (secondary N) is 1. The van der Waals surface area contributed by atoms with Gasteiger partial charge in [-0.2, -0.15) is 0 Å². The van der Waals surface area contributed by atoms with Gasteiger partial charge in [0.25, 0.3) is 0 Å². The minimum Gasteiger partial charge on any atom is -0.480 e. The minimum atomic E-state index is -0.982. The first kappa shape index (κ1) is 12.7. The predicted molar refractivity (Wildman–Crippen MR) is 63.2 cm³/mol. The molecule has 88 valence electrons. The normalized spacial score (nSPS) is 14.4. The summed E-state index contributed by atoms with van der Waals surface area (Å²) in [6, 6.07) is 7.26. The van der Waals surface area contributed by atoms with E-state index in [-0.39, 0.29) is 12.6 Å². The van der Waals surface area contributed by atoms with Crippen LogP contribution in [-0.2, 0) is 4.79 Å². The first-order valence-corrected chi connectivity index (χ1v) is 5.29. The zero-order valence-electron chi connectivity index (χ0n) is 9.60. The SMILES string of the molecule is Cc1ccccc1[C@@H](C)NCC(N)C(=O)O. The summed E-state index contributed by atoms with van der Waals surface area (Å²) in [6.07, 6.45) is 0. The number of carboxylic acid groups (broad SMARTS) is 1. The summed E-state index contributed by atoms with van der Waals surface area (Å²) in [7, 11) is 0. The Hall–Kier alpha value is -1.39. The van der Waals surface area contributed by atoms with E-state index in [1.807, 2.05) is 38.1 Å². The summed E-state index contributed by atoms with van der Waals surface area (Å²) < 4.78 is 0. The van der Waals surface area contributed by atoms with Gasteiger partial charge in [0.05, 0.1) is 0 Å². The largest absolute Gasteiger partial charge is 0.480 e. The van der Waals surface area contributed by atoms with E-state index in [4.69, 9.17) is 10.8 Å². The molecule has 0 radical (unpaired) electrons. The van der Waals surface area contributed by atoms with Gasteiger partial charge in [-0.3, -0.25) is 4.79 Å². The van der Waals surface area contributed by atoms with Gasteiger partial charge < -0.3 is 16.2 Å². The topological polar surface area (TPSA) is 75.3 Å². The number of aliphatic carboxylic acids is 1. The zero-order chi connectivity index (χ0) is 12.1. The number of carboxylic acids is 1. The van der Waals surface area contributed by atoms with Gasteiger partial charge in [-0.1, -0.05) is 24.3 Å². The Kier molecular flexibility index (Phi) is 4.46. The molecule has 0 fully saturated rings. The second-order valence-electron chi connectivity index (χ2n) is 3.93. The van der Waals surface area contributed by atoms with Crippen molar-refractivity contribution >= 4 is 5.97 Å². The van der Waals surface area contributed by atoms with Crippen LogP contribution in [0.5, 0.6) is 0 Å². The van der Waals surface area contributed by atoms with E-state index in [1.165, 1.54) is 11.1 Å². The molecule has 1 unspecified atom stereocenters. The molecule has 0 bridgehead atoms. The maximum absolute atomic E-state index is 10.6. The lowest BCUT2D eigenvalue weighted by molar-refractivity contribution is -0.138. The number of aryl methyl sites for hydroxylation is 1. The van der Waals surface area contributed by atoms with Gasteiger partial charge in [-0.25, -0.2) is 0 Å². The molecule has 0 heterocycles. The number of nitrogens with two attached hydrogens (primary N) is 1. The lowest BCUT2D eigenvalue weighted by Crippen LogP contribution is -2.41. The number of rotatable bonds is 5. The highest BCUT2D eigenvalue weighted by Crippen LogP contribution is 2.16. The molecule has 1 rings (SSSR count). The molecule has 0 amide bonds. The Morgan fingerprint density at radius 2 is 2.12 bits per heavy atom. The van der Waals surface area contributed by atoms with E-state index < -0.39 is 12.0 Å². The number of carbonyl (C=O) groups is 1. The fraction of sp³-hybridized carbons (Fsp3) is 0.417. The first-order valence-electron chi connectivity index (χ1n) is 5.29. The Morgan fingerprint density at radius 3 is 2.69 bits per heavy atom. The molecule has 0 aromatic heterocycles. The number of hydrogen-bond acceptors (Lipinski definition) is 3. The van der Waals surface area contributed by atoms with Crippen molar-refractivity contribution in [2.75, 3.05) is 6.54 Å². The third kappa shape index (κ3) is 3.32. The maximum atomic E-state index is 10.6. The van der Waals surface area contributed by atoms with Gasteiger partial charge in [0.1, 0.15) is 6.04 Å². The maximum Gasteiger partial charge on any atom is 0.321 e. The summed E-state index contributed by atoms with van der Waals surface area (Å²) in [5.74, 6) is -0.982. The Bertz CT molecular complexity index is 366. The Balaban J connectivity index is 2.56. The third-order valence-corrected chi connectivity index (χ3v) is 2.62. The average molecular weight is 222 g/mol. The highest BCUT2D eigenvalue weighted by atomic mass is 16.4. The van der Waals surface area contributed by atoms with E-state index in [1.54, 1.807) is 0 Å². The molecule has 0 aliphatic heterocycles. The predicted octanol–water partition coefficient (Wildman–Crippen LogP) is 1.06. The van der Waals surface area contributed by atoms with Crippen LogP contribution in [0.3, 0.4) is 0 Å². The molecule has 4 heteroatoms. The lowest BCUT2D eigenvalue weighted by atomic mass is 10.0. The van der Waals surface area contributed by atoms with Crippen LogP contribution >= 0.6 is 0 Å². The highest BCUT2D eigenvalue weighted by molar-refractivity contribution is 5.73. The summed E-state index contributed by atoms with van der Waals surface area (Å²) in [6.45, 7) is 4.30. The highest BCUT2D eigenvalue weighted by Gasteiger charge is 2.13. The van der Waals surface area contributed by atoms with E-state index in [0.717, 1.165) is 0 Å². The molecule has 0 spiro atoms. The molecular formula is C12H18N2O2. The van der Waals surface area contributed by atoms with Crippen LogP contribution in [0.4, 0.5) is 0 Å². The lowest BCUT2D eigenvalue weighted by Gasteiger charge is -2.17. The minimum absolute atomic E-state index is 0.103. The van der Waals surface area contributed by atoms with Crippen LogP contribution in [-0.4, -0.2) is 23.7 Å². The Labute approximate surface area is 95.5 Å². The standard InChI is InChI=1S/C12H18N2O2/c1-8-5-3-4-6-10(8)9(2)14-7-11(13)12(15)16/h3-6,9,11,14H,7,13H2,1-2H3,(H,15,16)/t9-,11?/m1/s1. The van der Waals surface area contributed by atoms with Crippen molar-refractivity contribution in [3.8, 4) is 0 Å². The van der Waals surface area contributed by atoms with E-state index in [0.29, 0.717) is 0 Å². The van der Waals surface area contributed by atoms with Crippen molar-refractivity contribution in [2.24, 2.45) is 5.73 Å². The van der Waals surface area contributed by atoms with Crippen molar-refractivity contribution in [3.05, 3.63) is 35.4 Å². The fourth-order valence-electron chi connectivity index (χ4n) is 1.57. The second-order valence-corrected chi connectivity index (χ2v) is 3.93. The average Bonchev–Trinajstić information content (AvgIpc) is 2.25. The fourth-order valence-corrected chi connectivity index (χ4v) is 1.57. The van der Waals surface area contributed by atoms with Crippen molar-refractivity contribution < 1.29 is 9.90 Å². The van der Waals surface area contributed by atoms with Crippen molar-refractivity contribution in [1.29, 1.82) is 0 Å². The van der Waals surface area contributed by atoms with Crippen molar-refractivity contribution in [3.63, 3.8) is 0 Å². The molecule has 2 atom stereocenters. The molecule has 0 saturated carbocycles. The van der Waals surface area contributed by atoms with Gasteiger partial charge in [-0.15, -0.1) is 0 Å². The molecule has 16 heavy (non-hydrogen) atoms. The van der Waals surface area contributed by atoms with Crippen LogP contribution in [0.1, 0.15) is 24.1 Å². The van der Waals surface area contributed by atoms with Crippen LogP contribution in [0, 0.1) is 6.92 Å². The van der Waals surface area contributed by atoms with Gasteiger partial charge in [-0.05, 0) is 25.0 Å².